The molecule has 0 aliphatic heterocycles. The van der Waals surface area contributed by atoms with Gasteiger partial charge in [0, 0.05) is 17.7 Å². The second-order valence-corrected chi connectivity index (χ2v) is 4.81. The van der Waals surface area contributed by atoms with Gasteiger partial charge >= 0.3 is 5.97 Å². The van der Waals surface area contributed by atoms with Crippen LogP contribution in [0, 0.1) is 10.1 Å². The summed E-state index contributed by atoms with van der Waals surface area (Å²) < 4.78 is 4.53. The van der Waals surface area contributed by atoms with Gasteiger partial charge < -0.3 is 4.74 Å². The molecule has 0 radical (unpaired) electrons. The van der Waals surface area contributed by atoms with Crippen LogP contribution in [0.3, 0.4) is 0 Å². The Morgan fingerprint density at radius 1 is 1.43 bits per heavy atom. The van der Waals surface area contributed by atoms with E-state index in [-0.39, 0.29) is 21.3 Å². The number of nitrogens with zero attached hydrogens (tertiary/aromatic N) is 2. The first-order chi connectivity index (χ1) is 10.0. The van der Waals surface area contributed by atoms with Gasteiger partial charge in [0.2, 0.25) is 0 Å². The SMILES string of the molecule is COC(=O)c1cnc(NC(=O)c2cccc([N+](=O)[O-])c2)s1. The quantitative estimate of drug-likeness (QED) is 0.526. The van der Waals surface area contributed by atoms with Gasteiger partial charge in [0.15, 0.2) is 5.13 Å². The van der Waals surface area contributed by atoms with E-state index >= 15 is 0 Å². The first-order valence-corrected chi connectivity index (χ1v) is 6.43. The summed E-state index contributed by atoms with van der Waals surface area (Å²) in [4.78, 5) is 37.4. The molecule has 0 aliphatic rings. The molecule has 0 saturated carbocycles. The lowest BCUT2D eigenvalue weighted by Gasteiger charge is -2.01. The highest BCUT2D eigenvalue weighted by Gasteiger charge is 2.15. The van der Waals surface area contributed by atoms with Crippen molar-refractivity contribution >= 4 is 34.0 Å². The van der Waals surface area contributed by atoms with Gasteiger partial charge in [-0.3, -0.25) is 20.2 Å². The number of nitro groups is 1. The average molecular weight is 307 g/mol. The number of rotatable bonds is 4. The number of ether oxygens (including phenoxy) is 1. The zero-order valence-electron chi connectivity index (χ0n) is 10.7. The molecular weight excluding hydrogens is 298 g/mol. The molecule has 0 atom stereocenters. The number of amides is 1. The van der Waals surface area contributed by atoms with Gasteiger partial charge in [-0.1, -0.05) is 17.4 Å². The summed E-state index contributed by atoms with van der Waals surface area (Å²) in [5, 5.41) is 13.3. The van der Waals surface area contributed by atoms with Gasteiger partial charge in [-0.15, -0.1) is 0 Å². The molecule has 0 unspecified atom stereocenters. The molecule has 0 saturated heterocycles. The number of anilines is 1. The maximum Gasteiger partial charge on any atom is 0.349 e. The third-order valence-corrected chi connectivity index (χ3v) is 3.32. The van der Waals surface area contributed by atoms with E-state index in [0.29, 0.717) is 0 Å². The number of aromatic nitrogens is 1. The molecule has 0 aliphatic carbocycles. The molecule has 9 heteroatoms. The number of carbonyl (C=O) groups is 2. The van der Waals surface area contributed by atoms with Crippen LogP contribution in [-0.2, 0) is 4.74 Å². The molecule has 1 N–H and O–H groups in total. The number of benzene rings is 1. The standard InChI is InChI=1S/C12H9N3O5S/c1-20-11(17)9-6-13-12(21-9)14-10(16)7-3-2-4-8(5-7)15(18)19/h2-6H,1H3,(H,13,14,16). The molecular formula is C12H9N3O5S. The minimum absolute atomic E-state index is 0.124. The summed E-state index contributed by atoms with van der Waals surface area (Å²) in [7, 11) is 1.24. The number of methoxy groups -OCH3 is 1. The summed E-state index contributed by atoms with van der Waals surface area (Å²) in [6, 6.07) is 5.30. The first kappa shape index (κ1) is 14.6. The lowest BCUT2D eigenvalue weighted by atomic mass is 10.2. The van der Waals surface area contributed by atoms with Crippen molar-refractivity contribution in [2.24, 2.45) is 0 Å². The molecule has 2 aromatic rings. The van der Waals surface area contributed by atoms with Crippen LogP contribution in [0.5, 0.6) is 0 Å². The Hall–Kier alpha value is -2.81. The maximum atomic E-state index is 12.0. The molecule has 21 heavy (non-hydrogen) atoms. The summed E-state index contributed by atoms with van der Waals surface area (Å²) >= 11 is 0.948. The van der Waals surface area contributed by atoms with Crippen LogP contribution in [0.4, 0.5) is 10.8 Å². The molecule has 2 rings (SSSR count). The van der Waals surface area contributed by atoms with E-state index in [1.165, 1.54) is 31.5 Å². The summed E-state index contributed by atoms with van der Waals surface area (Å²) in [5.41, 5.74) is -0.0592. The van der Waals surface area contributed by atoms with E-state index in [1.807, 2.05) is 0 Å². The van der Waals surface area contributed by atoms with Gasteiger partial charge in [-0.2, -0.15) is 0 Å². The Kier molecular flexibility index (Phi) is 4.24. The van der Waals surface area contributed by atoms with E-state index in [2.05, 4.69) is 15.0 Å². The van der Waals surface area contributed by atoms with Crippen molar-refractivity contribution in [3.8, 4) is 0 Å². The zero-order chi connectivity index (χ0) is 15.4. The van der Waals surface area contributed by atoms with Crippen molar-refractivity contribution in [1.29, 1.82) is 0 Å². The Balaban J connectivity index is 2.14. The van der Waals surface area contributed by atoms with Crippen LogP contribution in [0.15, 0.2) is 30.5 Å². The Morgan fingerprint density at radius 2 is 2.19 bits per heavy atom. The fourth-order valence-corrected chi connectivity index (χ4v) is 2.19. The molecule has 0 bridgehead atoms. The highest BCUT2D eigenvalue weighted by Crippen LogP contribution is 2.20. The molecule has 108 valence electrons. The van der Waals surface area contributed by atoms with Crippen LogP contribution in [-0.4, -0.2) is 28.9 Å². The van der Waals surface area contributed by atoms with E-state index in [0.717, 1.165) is 17.4 Å². The van der Waals surface area contributed by atoms with Crippen LogP contribution < -0.4 is 5.32 Å². The number of nitrogens with one attached hydrogen (secondary N) is 1. The highest BCUT2D eigenvalue weighted by molar-refractivity contribution is 7.17. The van der Waals surface area contributed by atoms with Crippen LogP contribution >= 0.6 is 11.3 Å². The molecule has 1 aromatic heterocycles. The Labute approximate surface area is 122 Å². The van der Waals surface area contributed by atoms with Crippen LogP contribution in [0.25, 0.3) is 0 Å². The number of esters is 1. The number of nitro benzene ring substituents is 1. The molecule has 8 nitrogen and oxygen atoms in total. The fourth-order valence-electron chi connectivity index (χ4n) is 1.46. The van der Waals surface area contributed by atoms with Gasteiger partial charge in [-0.25, -0.2) is 9.78 Å². The van der Waals surface area contributed by atoms with Crippen LogP contribution in [0.2, 0.25) is 0 Å². The fraction of sp³-hybridized carbons (Fsp3) is 0.0833. The normalized spacial score (nSPS) is 9.95. The number of non-ortho nitro benzene ring substituents is 1. The minimum Gasteiger partial charge on any atom is -0.465 e. The number of hydrogen-bond acceptors (Lipinski definition) is 7. The summed E-state index contributed by atoms with van der Waals surface area (Å²) in [6.07, 6.45) is 1.28. The van der Waals surface area contributed by atoms with Crippen LogP contribution in [0.1, 0.15) is 20.0 Å². The van der Waals surface area contributed by atoms with E-state index in [9.17, 15) is 19.7 Å². The third kappa shape index (κ3) is 3.39. The van der Waals surface area contributed by atoms with Gasteiger partial charge in [0.25, 0.3) is 11.6 Å². The van der Waals surface area contributed by atoms with Crippen molar-refractivity contribution in [1.82, 2.24) is 4.98 Å². The predicted molar refractivity (Wildman–Crippen MR) is 74.5 cm³/mol. The molecule has 0 spiro atoms. The monoisotopic (exact) mass is 307 g/mol. The first-order valence-electron chi connectivity index (χ1n) is 5.61. The molecule has 1 aromatic carbocycles. The minimum atomic E-state index is -0.588. The lowest BCUT2D eigenvalue weighted by molar-refractivity contribution is -0.384. The molecule has 0 fully saturated rings. The van der Waals surface area contributed by atoms with Crippen molar-refractivity contribution in [2.45, 2.75) is 0 Å². The predicted octanol–water partition coefficient (Wildman–Crippen LogP) is 2.09. The molecule has 1 amide bonds. The number of hydrogen-bond donors (Lipinski definition) is 1. The van der Waals surface area contributed by atoms with Gasteiger partial charge in [0.05, 0.1) is 18.2 Å². The molecule has 1 heterocycles. The van der Waals surface area contributed by atoms with Gasteiger partial charge in [-0.05, 0) is 6.07 Å². The topological polar surface area (TPSA) is 111 Å². The average Bonchev–Trinajstić information content (AvgIpc) is 2.95. The Bertz CT molecular complexity index is 712. The smallest absolute Gasteiger partial charge is 0.349 e. The van der Waals surface area contributed by atoms with E-state index in [4.69, 9.17) is 0 Å². The summed E-state index contributed by atoms with van der Waals surface area (Å²) in [5.74, 6) is -1.10. The van der Waals surface area contributed by atoms with Crippen molar-refractivity contribution in [2.75, 3.05) is 12.4 Å². The maximum absolute atomic E-state index is 12.0. The largest absolute Gasteiger partial charge is 0.465 e. The highest BCUT2D eigenvalue weighted by atomic mass is 32.1. The van der Waals surface area contributed by atoms with Crippen molar-refractivity contribution in [3.63, 3.8) is 0 Å². The second-order valence-electron chi connectivity index (χ2n) is 3.78. The van der Waals surface area contributed by atoms with Gasteiger partial charge in [0.1, 0.15) is 4.88 Å². The van der Waals surface area contributed by atoms with Crippen molar-refractivity contribution < 1.29 is 19.2 Å². The number of thiazole rings is 1. The lowest BCUT2D eigenvalue weighted by Crippen LogP contribution is -2.11. The van der Waals surface area contributed by atoms with E-state index in [1.54, 1.807) is 0 Å². The zero-order valence-corrected chi connectivity index (χ0v) is 11.5. The second kappa shape index (κ2) is 6.09. The number of carbonyl (C=O) groups excluding carboxylic acids is 2. The van der Waals surface area contributed by atoms with E-state index < -0.39 is 16.8 Å². The Morgan fingerprint density at radius 3 is 2.86 bits per heavy atom. The third-order valence-electron chi connectivity index (χ3n) is 2.43. The summed E-state index contributed by atoms with van der Waals surface area (Å²) in [6.45, 7) is 0. The van der Waals surface area contributed by atoms with Crippen molar-refractivity contribution in [3.05, 3.63) is 51.0 Å².